The average Bonchev–Trinajstić information content (AvgIpc) is 3.10. The maximum Gasteiger partial charge on any atom is 0.258 e. The van der Waals surface area contributed by atoms with Crippen LogP contribution in [-0.2, 0) is 6.42 Å². The molecule has 3 rings (SSSR count). The van der Waals surface area contributed by atoms with E-state index in [0.29, 0.717) is 11.9 Å². The van der Waals surface area contributed by atoms with Crippen LogP contribution < -0.4 is 5.32 Å². The van der Waals surface area contributed by atoms with Crippen molar-refractivity contribution in [1.29, 1.82) is 0 Å². The van der Waals surface area contributed by atoms with E-state index >= 15 is 0 Å². The van der Waals surface area contributed by atoms with Gasteiger partial charge in [0.2, 0.25) is 11.2 Å². The average molecular weight is 322 g/mol. The van der Waals surface area contributed by atoms with Gasteiger partial charge in [-0.25, -0.2) is 4.98 Å². The Morgan fingerprint density at radius 3 is 3.00 bits per heavy atom. The van der Waals surface area contributed by atoms with E-state index in [1.807, 2.05) is 6.07 Å². The molecule has 7 nitrogen and oxygen atoms in total. The number of nitrogens with one attached hydrogen (secondary N) is 1. The summed E-state index contributed by atoms with van der Waals surface area (Å²) in [6.07, 6.45) is 3.80. The van der Waals surface area contributed by atoms with Crippen molar-refractivity contribution in [3.05, 3.63) is 40.3 Å². The van der Waals surface area contributed by atoms with Crippen LogP contribution in [0.3, 0.4) is 0 Å². The van der Waals surface area contributed by atoms with E-state index in [9.17, 15) is 0 Å². The third-order valence-electron chi connectivity index (χ3n) is 2.68. The van der Waals surface area contributed by atoms with Crippen molar-refractivity contribution in [1.82, 2.24) is 29.7 Å². The summed E-state index contributed by atoms with van der Waals surface area (Å²) >= 11 is 7.66. The highest BCUT2D eigenvalue weighted by Gasteiger charge is 2.10. The van der Waals surface area contributed by atoms with Gasteiger partial charge in [-0.3, -0.25) is 0 Å². The Morgan fingerprint density at radius 2 is 2.29 bits per heavy atom. The van der Waals surface area contributed by atoms with Crippen LogP contribution in [0.15, 0.2) is 30.2 Å². The molecule has 0 saturated carbocycles. The van der Waals surface area contributed by atoms with Crippen molar-refractivity contribution in [2.24, 2.45) is 0 Å². The van der Waals surface area contributed by atoms with Gasteiger partial charge in [-0.05, 0) is 30.0 Å². The van der Waals surface area contributed by atoms with Gasteiger partial charge in [0.15, 0.2) is 0 Å². The van der Waals surface area contributed by atoms with Crippen LogP contribution in [0.1, 0.15) is 11.8 Å². The van der Waals surface area contributed by atoms with Crippen molar-refractivity contribution in [2.45, 2.75) is 19.4 Å². The maximum absolute atomic E-state index is 5.93. The molecule has 0 bridgehead atoms. The first-order valence-corrected chi connectivity index (χ1v) is 7.52. The molecular weight excluding hydrogens is 310 g/mol. The van der Waals surface area contributed by atoms with Crippen molar-refractivity contribution < 1.29 is 0 Å². The van der Waals surface area contributed by atoms with Crippen molar-refractivity contribution in [3.63, 3.8) is 0 Å². The number of anilines is 1. The summed E-state index contributed by atoms with van der Waals surface area (Å²) in [5.74, 6) is 0.753. The van der Waals surface area contributed by atoms with Crippen LogP contribution in [-0.4, -0.2) is 35.8 Å². The normalized spacial score (nSPS) is 12.3. The summed E-state index contributed by atoms with van der Waals surface area (Å²) in [6.45, 7) is 2.06. The number of hydrogen-bond acceptors (Lipinski definition) is 7. The van der Waals surface area contributed by atoms with E-state index in [4.69, 9.17) is 11.6 Å². The molecule has 1 atom stereocenters. The Kier molecular flexibility index (Phi) is 4.07. The van der Waals surface area contributed by atoms with E-state index < -0.39 is 0 Å². The Morgan fingerprint density at radius 1 is 1.38 bits per heavy atom. The zero-order chi connectivity index (χ0) is 14.7. The Bertz CT molecular complexity index is 698. The minimum Gasteiger partial charge on any atom is -0.351 e. The molecule has 0 spiro atoms. The largest absolute Gasteiger partial charge is 0.351 e. The second kappa shape index (κ2) is 6.15. The second-order valence-electron chi connectivity index (χ2n) is 4.40. The van der Waals surface area contributed by atoms with Gasteiger partial charge in [-0.15, -0.1) is 11.3 Å². The lowest BCUT2D eigenvalue weighted by Gasteiger charge is -2.13. The monoisotopic (exact) mass is 321 g/mol. The second-order valence-corrected chi connectivity index (χ2v) is 5.77. The van der Waals surface area contributed by atoms with Crippen molar-refractivity contribution in [3.8, 4) is 5.95 Å². The molecule has 3 aromatic rings. The molecule has 1 N–H and O–H groups in total. The topological polar surface area (TPSA) is 81.4 Å². The van der Waals surface area contributed by atoms with Gasteiger partial charge in [0.05, 0.1) is 0 Å². The first-order chi connectivity index (χ1) is 10.2. The number of halogens is 1. The van der Waals surface area contributed by atoms with Crippen LogP contribution in [0.4, 0.5) is 5.95 Å². The molecule has 0 aliphatic rings. The van der Waals surface area contributed by atoms with Gasteiger partial charge < -0.3 is 5.32 Å². The lowest BCUT2D eigenvalue weighted by Crippen LogP contribution is -2.20. The summed E-state index contributed by atoms with van der Waals surface area (Å²) < 4.78 is 1.43. The molecule has 0 fully saturated rings. The summed E-state index contributed by atoms with van der Waals surface area (Å²) in [7, 11) is 0. The fraction of sp³-hybridized carbons (Fsp3) is 0.250. The molecule has 21 heavy (non-hydrogen) atoms. The summed E-state index contributed by atoms with van der Waals surface area (Å²) in [6, 6.07) is 4.31. The molecule has 1 unspecified atom stereocenters. The standard InChI is InChI=1S/C12H12ClN7S/c1-8(5-9-3-2-4-21-9)16-11-17-10(13)18-12(19-11)20-7-14-6-15-20/h2-4,6-8H,5H2,1H3,(H,16,17,18,19). The molecule has 3 aromatic heterocycles. The van der Waals surface area contributed by atoms with Gasteiger partial charge in [0, 0.05) is 17.3 Å². The molecule has 9 heteroatoms. The Hall–Kier alpha value is -2.06. The van der Waals surface area contributed by atoms with E-state index in [1.54, 1.807) is 11.3 Å². The highest BCUT2D eigenvalue weighted by Crippen LogP contribution is 2.14. The van der Waals surface area contributed by atoms with Crippen LogP contribution in [0, 0.1) is 0 Å². The third kappa shape index (κ3) is 3.53. The molecule has 0 radical (unpaired) electrons. The quantitative estimate of drug-likeness (QED) is 0.776. The van der Waals surface area contributed by atoms with E-state index in [0.717, 1.165) is 6.42 Å². The zero-order valence-electron chi connectivity index (χ0n) is 11.1. The smallest absolute Gasteiger partial charge is 0.258 e. The van der Waals surface area contributed by atoms with E-state index in [2.05, 4.69) is 48.7 Å². The number of nitrogens with zero attached hydrogens (tertiary/aromatic N) is 6. The molecule has 108 valence electrons. The lowest BCUT2D eigenvalue weighted by atomic mass is 10.2. The molecule has 0 aliphatic carbocycles. The molecular formula is C12H12ClN7S. The molecule has 0 saturated heterocycles. The molecule has 0 aromatic carbocycles. The number of rotatable bonds is 5. The Balaban J connectivity index is 1.76. The Labute approximate surface area is 130 Å². The third-order valence-corrected chi connectivity index (χ3v) is 3.75. The summed E-state index contributed by atoms with van der Waals surface area (Å²) in [5, 5.41) is 9.37. The van der Waals surface area contributed by atoms with Gasteiger partial charge in [0.25, 0.3) is 5.95 Å². The van der Waals surface area contributed by atoms with Gasteiger partial charge in [-0.2, -0.15) is 24.7 Å². The first-order valence-electron chi connectivity index (χ1n) is 6.26. The predicted octanol–water partition coefficient (Wildman–Crippen LogP) is 2.21. The van der Waals surface area contributed by atoms with Crippen LogP contribution >= 0.6 is 22.9 Å². The minimum atomic E-state index is 0.112. The fourth-order valence-corrected chi connectivity index (χ4v) is 2.81. The maximum atomic E-state index is 5.93. The summed E-state index contributed by atoms with van der Waals surface area (Å²) in [4.78, 5) is 17.6. The molecule has 3 heterocycles. The molecule has 0 aliphatic heterocycles. The van der Waals surface area contributed by atoms with E-state index in [-0.39, 0.29) is 11.3 Å². The van der Waals surface area contributed by atoms with Crippen LogP contribution in [0.25, 0.3) is 5.95 Å². The number of thiophene rings is 1. The van der Waals surface area contributed by atoms with Gasteiger partial charge >= 0.3 is 0 Å². The fourth-order valence-electron chi connectivity index (χ4n) is 1.82. The summed E-state index contributed by atoms with van der Waals surface area (Å²) in [5.41, 5.74) is 0. The van der Waals surface area contributed by atoms with Crippen molar-refractivity contribution in [2.75, 3.05) is 5.32 Å². The lowest BCUT2D eigenvalue weighted by molar-refractivity contribution is 0.760. The van der Waals surface area contributed by atoms with Crippen LogP contribution in [0.2, 0.25) is 5.28 Å². The predicted molar refractivity (Wildman–Crippen MR) is 80.9 cm³/mol. The minimum absolute atomic E-state index is 0.112. The first kappa shape index (κ1) is 13.9. The SMILES string of the molecule is CC(Cc1cccs1)Nc1nc(Cl)nc(-n2cncn2)n1. The highest BCUT2D eigenvalue weighted by atomic mass is 35.5. The zero-order valence-corrected chi connectivity index (χ0v) is 12.7. The van der Waals surface area contributed by atoms with Gasteiger partial charge in [0.1, 0.15) is 12.7 Å². The molecule has 0 amide bonds. The highest BCUT2D eigenvalue weighted by molar-refractivity contribution is 7.09. The van der Waals surface area contributed by atoms with Gasteiger partial charge in [-0.1, -0.05) is 6.07 Å². The van der Waals surface area contributed by atoms with E-state index in [1.165, 1.54) is 22.2 Å². The number of hydrogen-bond donors (Lipinski definition) is 1. The van der Waals surface area contributed by atoms with Crippen LogP contribution in [0.5, 0.6) is 0 Å². The van der Waals surface area contributed by atoms with Crippen molar-refractivity contribution >= 4 is 28.9 Å². The number of aromatic nitrogens is 6.